The molecule has 2 aliphatic rings. The molecule has 1 aliphatic heterocycles. The molecule has 3 aromatic rings. The maximum Gasteiger partial charge on any atom is 0.253 e. The molecule has 1 saturated carbocycles. The van der Waals surface area contributed by atoms with E-state index >= 15 is 0 Å². The Labute approximate surface area is 161 Å². The van der Waals surface area contributed by atoms with E-state index in [9.17, 15) is 4.79 Å². The molecule has 27 heavy (non-hydrogen) atoms. The number of carbonyl (C=O) groups excluding carboxylic acids is 1. The molecule has 6 nitrogen and oxygen atoms in total. The third-order valence-electron chi connectivity index (χ3n) is 5.22. The highest BCUT2D eigenvalue weighted by Crippen LogP contribution is 2.38. The summed E-state index contributed by atoms with van der Waals surface area (Å²) in [6, 6.07) is 7.97. The summed E-state index contributed by atoms with van der Waals surface area (Å²) >= 11 is 1.57. The molecule has 2 aromatic heterocycles. The number of fused-ring (bicyclic) bond motifs is 1. The van der Waals surface area contributed by atoms with E-state index in [0.29, 0.717) is 12.5 Å². The standard InChI is InChI=1S/C20H21N5OS/c1-12-8-18(24-19(22-12)13-2-3-13)23-15-6-7-25(10-15)20(26)14-4-5-16-17(9-14)27-11-21-16/h4-5,8-9,11,13,15H,2-3,6-7,10H2,1H3,(H,22,23,24)/t15-/m0/s1. The quantitative estimate of drug-likeness (QED) is 0.750. The maximum absolute atomic E-state index is 12.9. The topological polar surface area (TPSA) is 71.0 Å². The van der Waals surface area contributed by atoms with Crippen LogP contribution < -0.4 is 5.32 Å². The summed E-state index contributed by atoms with van der Waals surface area (Å²) in [6.07, 6.45) is 3.31. The fourth-order valence-corrected chi connectivity index (χ4v) is 4.35. The number of nitrogens with one attached hydrogen (secondary N) is 1. The van der Waals surface area contributed by atoms with Crippen molar-refractivity contribution in [3.63, 3.8) is 0 Å². The minimum atomic E-state index is 0.0899. The number of hydrogen-bond acceptors (Lipinski definition) is 6. The van der Waals surface area contributed by atoms with E-state index in [0.717, 1.165) is 46.1 Å². The minimum Gasteiger partial charge on any atom is -0.365 e. The Balaban J connectivity index is 1.27. The van der Waals surface area contributed by atoms with Gasteiger partial charge in [0.25, 0.3) is 5.91 Å². The van der Waals surface area contributed by atoms with Crippen LogP contribution >= 0.6 is 11.3 Å². The highest BCUT2D eigenvalue weighted by atomic mass is 32.1. The second-order valence-electron chi connectivity index (χ2n) is 7.44. The number of anilines is 1. The lowest BCUT2D eigenvalue weighted by molar-refractivity contribution is 0.0792. The van der Waals surface area contributed by atoms with Crippen LogP contribution in [0.15, 0.2) is 29.8 Å². The predicted molar refractivity (Wildman–Crippen MR) is 106 cm³/mol. The van der Waals surface area contributed by atoms with Gasteiger partial charge in [0.2, 0.25) is 0 Å². The number of hydrogen-bond donors (Lipinski definition) is 1. The Morgan fingerprint density at radius 2 is 2.11 bits per heavy atom. The highest BCUT2D eigenvalue weighted by Gasteiger charge is 2.29. The zero-order chi connectivity index (χ0) is 18.4. The van der Waals surface area contributed by atoms with Gasteiger partial charge in [-0.3, -0.25) is 4.79 Å². The Bertz CT molecular complexity index is 1010. The molecule has 1 atom stereocenters. The van der Waals surface area contributed by atoms with Gasteiger partial charge in [-0.15, -0.1) is 11.3 Å². The van der Waals surface area contributed by atoms with Crippen LogP contribution in [0.25, 0.3) is 10.2 Å². The third-order valence-corrected chi connectivity index (χ3v) is 6.01. The van der Waals surface area contributed by atoms with Crippen LogP contribution in [0.2, 0.25) is 0 Å². The van der Waals surface area contributed by atoms with Crippen molar-refractivity contribution in [1.82, 2.24) is 19.9 Å². The van der Waals surface area contributed by atoms with Crippen LogP contribution in [-0.2, 0) is 0 Å². The Morgan fingerprint density at radius 3 is 2.96 bits per heavy atom. The molecule has 3 heterocycles. The van der Waals surface area contributed by atoms with Gasteiger partial charge in [-0.1, -0.05) is 0 Å². The van der Waals surface area contributed by atoms with E-state index in [1.165, 1.54) is 12.8 Å². The van der Waals surface area contributed by atoms with Crippen molar-refractivity contribution >= 4 is 33.3 Å². The van der Waals surface area contributed by atoms with Crippen molar-refractivity contribution < 1.29 is 4.79 Å². The van der Waals surface area contributed by atoms with Crippen LogP contribution in [-0.4, -0.2) is 44.9 Å². The molecule has 1 amide bonds. The van der Waals surface area contributed by atoms with Crippen LogP contribution in [0, 0.1) is 6.92 Å². The Hall–Kier alpha value is -2.54. The SMILES string of the molecule is Cc1cc(N[C@H]2CCN(C(=O)c3ccc4ncsc4c3)C2)nc(C2CC2)n1. The largest absolute Gasteiger partial charge is 0.365 e. The van der Waals surface area contributed by atoms with Gasteiger partial charge in [0, 0.05) is 42.4 Å². The first-order chi connectivity index (χ1) is 13.2. The van der Waals surface area contributed by atoms with Gasteiger partial charge < -0.3 is 10.2 Å². The summed E-state index contributed by atoms with van der Waals surface area (Å²) in [7, 11) is 0. The highest BCUT2D eigenvalue weighted by molar-refractivity contribution is 7.16. The monoisotopic (exact) mass is 379 g/mol. The van der Waals surface area contributed by atoms with Crippen molar-refractivity contribution in [2.45, 2.75) is 38.1 Å². The van der Waals surface area contributed by atoms with Gasteiger partial charge in [0.15, 0.2) is 0 Å². The smallest absolute Gasteiger partial charge is 0.253 e. The first-order valence-corrected chi connectivity index (χ1v) is 10.3. The Kier molecular flexibility index (Phi) is 4.04. The van der Waals surface area contributed by atoms with Crippen molar-refractivity contribution in [3.8, 4) is 0 Å². The third kappa shape index (κ3) is 3.39. The van der Waals surface area contributed by atoms with Gasteiger partial charge in [-0.25, -0.2) is 15.0 Å². The molecule has 0 spiro atoms. The summed E-state index contributed by atoms with van der Waals surface area (Å²) in [6.45, 7) is 3.47. The summed E-state index contributed by atoms with van der Waals surface area (Å²) in [4.78, 5) is 28.3. The first kappa shape index (κ1) is 16.6. The van der Waals surface area contributed by atoms with E-state index in [1.54, 1.807) is 11.3 Å². The van der Waals surface area contributed by atoms with E-state index in [4.69, 9.17) is 0 Å². The first-order valence-electron chi connectivity index (χ1n) is 9.40. The maximum atomic E-state index is 12.9. The Morgan fingerprint density at radius 1 is 1.22 bits per heavy atom. The van der Waals surface area contributed by atoms with E-state index in [-0.39, 0.29) is 11.9 Å². The van der Waals surface area contributed by atoms with Crippen LogP contribution in [0.4, 0.5) is 5.82 Å². The fourth-order valence-electron chi connectivity index (χ4n) is 3.63. The van der Waals surface area contributed by atoms with Crippen molar-refractivity contribution in [1.29, 1.82) is 0 Å². The molecule has 1 N–H and O–H groups in total. The summed E-state index contributed by atoms with van der Waals surface area (Å²) in [5, 5.41) is 3.51. The molecular weight excluding hydrogens is 358 g/mol. The van der Waals surface area contributed by atoms with Crippen LogP contribution in [0.1, 0.15) is 47.1 Å². The molecule has 5 rings (SSSR count). The summed E-state index contributed by atoms with van der Waals surface area (Å²) in [5.74, 6) is 2.47. The van der Waals surface area contributed by atoms with Gasteiger partial charge >= 0.3 is 0 Å². The van der Waals surface area contributed by atoms with Crippen molar-refractivity contribution in [2.75, 3.05) is 18.4 Å². The zero-order valence-electron chi connectivity index (χ0n) is 15.2. The molecule has 0 unspecified atom stereocenters. The lowest BCUT2D eigenvalue weighted by Gasteiger charge is -2.18. The van der Waals surface area contributed by atoms with Crippen molar-refractivity contribution in [2.24, 2.45) is 0 Å². The number of benzene rings is 1. The zero-order valence-corrected chi connectivity index (χ0v) is 16.0. The van der Waals surface area contributed by atoms with E-state index in [2.05, 4.69) is 20.3 Å². The van der Waals surface area contributed by atoms with E-state index in [1.807, 2.05) is 41.6 Å². The molecule has 2 fully saturated rings. The lowest BCUT2D eigenvalue weighted by atomic mass is 10.2. The predicted octanol–water partition coefficient (Wildman–Crippen LogP) is 3.60. The molecule has 1 aromatic carbocycles. The van der Waals surface area contributed by atoms with Gasteiger partial charge in [0.1, 0.15) is 11.6 Å². The summed E-state index contributed by atoms with van der Waals surface area (Å²) in [5.41, 5.74) is 4.50. The number of thiazole rings is 1. The van der Waals surface area contributed by atoms with E-state index < -0.39 is 0 Å². The summed E-state index contributed by atoms with van der Waals surface area (Å²) < 4.78 is 1.05. The fraction of sp³-hybridized carbons (Fsp3) is 0.400. The number of likely N-dealkylation sites (tertiary alicyclic amines) is 1. The molecular formula is C20H21N5OS. The number of rotatable bonds is 4. The van der Waals surface area contributed by atoms with Gasteiger partial charge in [-0.2, -0.15) is 0 Å². The number of aromatic nitrogens is 3. The molecule has 1 aliphatic carbocycles. The van der Waals surface area contributed by atoms with Crippen LogP contribution in [0.5, 0.6) is 0 Å². The number of aryl methyl sites for hydroxylation is 1. The second-order valence-corrected chi connectivity index (χ2v) is 8.33. The molecule has 0 radical (unpaired) electrons. The number of carbonyl (C=O) groups is 1. The normalized spacial score (nSPS) is 19.6. The average Bonchev–Trinajstić information content (AvgIpc) is 3.23. The molecule has 7 heteroatoms. The molecule has 0 bridgehead atoms. The van der Waals surface area contributed by atoms with Crippen molar-refractivity contribution in [3.05, 3.63) is 46.9 Å². The van der Waals surface area contributed by atoms with Gasteiger partial charge in [0.05, 0.1) is 15.7 Å². The minimum absolute atomic E-state index is 0.0899. The molecule has 1 saturated heterocycles. The molecule has 138 valence electrons. The second kappa shape index (κ2) is 6.56. The number of amides is 1. The van der Waals surface area contributed by atoms with Crippen LogP contribution in [0.3, 0.4) is 0 Å². The van der Waals surface area contributed by atoms with Gasteiger partial charge in [-0.05, 0) is 44.4 Å². The number of nitrogens with zero attached hydrogens (tertiary/aromatic N) is 4. The average molecular weight is 379 g/mol. The lowest BCUT2D eigenvalue weighted by Crippen LogP contribution is -2.31.